The van der Waals surface area contributed by atoms with Gasteiger partial charge in [0.2, 0.25) is 0 Å². The van der Waals surface area contributed by atoms with Gasteiger partial charge in [-0.2, -0.15) is 5.10 Å². The van der Waals surface area contributed by atoms with E-state index in [0.717, 1.165) is 16.9 Å². The number of benzene rings is 3. The summed E-state index contributed by atoms with van der Waals surface area (Å²) in [6, 6.07) is 25.4. The quantitative estimate of drug-likeness (QED) is 0.415. The molecule has 0 aliphatic heterocycles. The molecule has 0 aliphatic rings. The lowest BCUT2D eigenvalue weighted by Crippen LogP contribution is -2.30. The third kappa shape index (κ3) is 5.18. The maximum absolute atomic E-state index is 12.8. The monoisotopic (exact) mass is 454 g/mol. The first-order chi connectivity index (χ1) is 16.5. The molecule has 1 heterocycles. The normalized spacial score (nSPS) is 10.4. The number of amides is 2. The molecular formula is C26H22N4O4. The Bertz CT molecular complexity index is 1310. The van der Waals surface area contributed by atoms with Gasteiger partial charge in [-0.1, -0.05) is 36.4 Å². The number of hydrogen-bond donors (Lipinski definition) is 2. The van der Waals surface area contributed by atoms with E-state index in [4.69, 9.17) is 0 Å². The van der Waals surface area contributed by atoms with Gasteiger partial charge in [0.25, 0.3) is 11.8 Å². The molecule has 0 spiro atoms. The van der Waals surface area contributed by atoms with Crippen LogP contribution in [-0.2, 0) is 9.53 Å². The summed E-state index contributed by atoms with van der Waals surface area (Å²) >= 11 is 0. The van der Waals surface area contributed by atoms with Gasteiger partial charge in [0, 0.05) is 22.4 Å². The van der Waals surface area contributed by atoms with Crippen molar-refractivity contribution in [2.24, 2.45) is 0 Å². The zero-order valence-corrected chi connectivity index (χ0v) is 18.4. The average Bonchev–Trinajstić information content (AvgIpc) is 3.38. The first-order valence-electron chi connectivity index (χ1n) is 10.5. The summed E-state index contributed by atoms with van der Waals surface area (Å²) < 4.78 is 6.28. The van der Waals surface area contributed by atoms with Crippen molar-refractivity contribution in [2.75, 3.05) is 19.0 Å². The van der Waals surface area contributed by atoms with Crippen LogP contribution in [0.5, 0.6) is 0 Å². The van der Waals surface area contributed by atoms with E-state index in [1.165, 1.54) is 7.11 Å². The van der Waals surface area contributed by atoms with Gasteiger partial charge >= 0.3 is 5.97 Å². The highest BCUT2D eigenvalue weighted by atomic mass is 16.5. The fraction of sp³-hybridized carbons (Fsp3) is 0.0769. The summed E-state index contributed by atoms with van der Waals surface area (Å²) in [5, 5.41) is 9.71. The predicted molar refractivity (Wildman–Crippen MR) is 128 cm³/mol. The molecule has 0 bridgehead atoms. The molecule has 0 atom stereocenters. The number of esters is 1. The lowest BCUT2D eigenvalue weighted by Gasteiger charge is -2.10. The highest BCUT2D eigenvalue weighted by Gasteiger charge is 2.12. The summed E-state index contributed by atoms with van der Waals surface area (Å²) in [6.07, 6.45) is 1.72. The minimum atomic E-state index is -0.537. The fourth-order valence-corrected chi connectivity index (χ4v) is 3.35. The smallest absolute Gasteiger partial charge is 0.325 e. The van der Waals surface area contributed by atoms with Gasteiger partial charge in [-0.3, -0.25) is 14.4 Å². The molecule has 0 unspecified atom stereocenters. The second-order valence-corrected chi connectivity index (χ2v) is 7.33. The number of carbonyl (C=O) groups excluding carboxylic acids is 3. The molecule has 8 nitrogen and oxygen atoms in total. The van der Waals surface area contributed by atoms with Crippen LogP contribution in [0.2, 0.25) is 0 Å². The van der Waals surface area contributed by atoms with Gasteiger partial charge in [0.15, 0.2) is 0 Å². The van der Waals surface area contributed by atoms with Crippen LogP contribution in [0.15, 0.2) is 91.1 Å². The third-order valence-corrected chi connectivity index (χ3v) is 5.09. The number of rotatable bonds is 7. The second kappa shape index (κ2) is 10.3. The Morgan fingerprint density at radius 2 is 1.62 bits per heavy atom. The second-order valence-electron chi connectivity index (χ2n) is 7.33. The first-order valence-corrected chi connectivity index (χ1v) is 10.5. The minimum Gasteiger partial charge on any atom is -0.468 e. The molecule has 3 aromatic carbocycles. The number of methoxy groups -OCH3 is 1. The Labute approximate surface area is 196 Å². The summed E-state index contributed by atoms with van der Waals surface area (Å²) in [5.41, 5.74) is 4.05. The van der Waals surface area contributed by atoms with Crippen LogP contribution in [0.4, 0.5) is 5.69 Å². The summed E-state index contributed by atoms with van der Waals surface area (Å²) in [4.78, 5) is 36.1. The maximum Gasteiger partial charge on any atom is 0.325 e. The Morgan fingerprint density at radius 1 is 0.853 bits per heavy atom. The molecule has 0 aliphatic carbocycles. The van der Waals surface area contributed by atoms with Gasteiger partial charge in [-0.05, 0) is 48.5 Å². The lowest BCUT2D eigenvalue weighted by molar-refractivity contribution is -0.139. The number of aromatic nitrogens is 2. The van der Waals surface area contributed by atoms with Crippen LogP contribution in [0.1, 0.15) is 20.7 Å². The number of nitrogens with one attached hydrogen (secondary N) is 2. The Kier molecular flexibility index (Phi) is 6.78. The SMILES string of the molecule is COC(=O)CNC(=O)c1ccc(NC(=O)c2cccc(-n3nccc3-c3ccccc3)c2)cc1. The van der Waals surface area contributed by atoms with Crippen LogP contribution in [-0.4, -0.2) is 41.2 Å². The highest BCUT2D eigenvalue weighted by molar-refractivity contribution is 6.05. The molecule has 0 saturated carbocycles. The van der Waals surface area contributed by atoms with Crippen molar-refractivity contribution in [1.82, 2.24) is 15.1 Å². The summed E-state index contributed by atoms with van der Waals surface area (Å²) in [7, 11) is 1.25. The van der Waals surface area contributed by atoms with Crippen LogP contribution in [0.3, 0.4) is 0 Å². The van der Waals surface area contributed by atoms with E-state index in [0.29, 0.717) is 16.8 Å². The average molecular weight is 454 g/mol. The lowest BCUT2D eigenvalue weighted by atomic mass is 10.1. The zero-order valence-electron chi connectivity index (χ0n) is 18.4. The Morgan fingerprint density at radius 3 is 2.35 bits per heavy atom. The van der Waals surface area contributed by atoms with E-state index in [1.807, 2.05) is 42.5 Å². The van der Waals surface area contributed by atoms with Crippen LogP contribution in [0, 0.1) is 0 Å². The van der Waals surface area contributed by atoms with Crippen LogP contribution in [0.25, 0.3) is 16.9 Å². The minimum absolute atomic E-state index is 0.216. The number of carbonyl (C=O) groups is 3. The van der Waals surface area contributed by atoms with E-state index in [9.17, 15) is 14.4 Å². The molecule has 2 amide bonds. The van der Waals surface area contributed by atoms with Crippen molar-refractivity contribution in [2.45, 2.75) is 0 Å². The molecule has 170 valence electrons. The van der Waals surface area contributed by atoms with Crippen LogP contribution >= 0.6 is 0 Å². The van der Waals surface area contributed by atoms with Gasteiger partial charge in [0.05, 0.1) is 24.7 Å². The molecular weight excluding hydrogens is 432 g/mol. The molecule has 4 rings (SSSR count). The number of anilines is 1. The van der Waals surface area contributed by atoms with E-state index in [1.54, 1.807) is 53.3 Å². The topological polar surface area (TPSA) is 102 Å². The molecule has 4 aromatic rings. The first kappa shape index (κ1) is 22.5. The highest BCUT2D eigenvalue weighted by Crippen LogP contribution is 2.23. The predicted octanol–water partition coefficient (Wildman–Crippen LogP) is 3.69. The van der Waals surface area contributed by atoms with Crippen molar-refractivity contribution in [3.8, 4) is 16.9 Å². The van der Waals surface area contributed by atoms with Gasteiger partial charge in [0.1, 0.15) is 6.54 Å². The maximum atomic E-state index is 12.8. The van der Waals surface area contributed by atoms with Gasteiger partial charge in [-0.25, -0.2) is 4.68 Å². The number of hydrogen-bond acceptors (Lipinski definition) is 5. The summed E-state index contributed by atoms with van der Waals surface area (Å²) in [5.74, 6) is -1.24. The Hall–Kier alpha value is -4.72. The van der Waals surface area contributed by atoms with Crippen molar-refractivity contribution in [3.63, 3.8) is 0 Å². The third-order valence-electron chi connectivity index (χ3n) is 5.09. The fourth-order valence-electron chi connectivity index (χ4n) is 3.35. The van der Waals surface area contributed by atoms with E-state index < -0.39 is 11.9 Å². The molecule has 0 fully saturated rings. The van der Waals surface area contributed by atoms with E-state index >= 15 is 0 Å². The standard InChI is InChI=1S/C26H22N4O4/c1-34-24(31)17-27-25(32)19-10-12-21(13-11-19)29-26(33)20-8-5-9-22(16-20)30-23(14-15-28-30)18-6-3-2-4-7-18/h2-16H,17H2,1H3,(H,27,32)(H,29,33). The van der Waals surface area contributed by atoms with Crippen molar-refractivity contribution in [1.29, 1.82) is 0 Å². The molecule has 8 heteroatoms. The Balaban J connectivity index is 1.46. The number of nitrogens with zero attached hydrogens (tertiary/aromatic N) is 2. The zero-order chi connectivity index (χ0) is 23.9. The molecule has 1 aromatic heterocycles. The summed E-state index contributed by atoms with van der Waals surface area (Å²) in [6.45, 7) is -0.216. The van der Waals surface area contributed by atoms with E-state index in [-0.39, 0.29) is 12.5 Å². The van der Waals surface area contributed by atoms with Gasteiger partial charge in [-0.15, -0.1) is 0 Å². The van der Waals surface area contributed by atoms with Crippen molar-refractivity contribution in [3.05, 3.63) is 102 Å². The largest absolute Gasteiger partial charge is 0.468 e. The molecule has 0 radical (unpaired) electrons. The molecule has 2 N–H and O–H groups in total. The van der Waals surface area contributed by atoms with Crippen LogP contribution < -0.4 is 10.6 Å². The molecule has 0 saturated heterocycles. The number of ether oxygens (including phenoxy) is 1. The van der Waals surface area contributed by atoms with Crippen molar-refractivity contribution < 1.29 is 19.1 Å². The van der Waals surface area contributed by atoms with Gasteiger partial charge < -0.3 is 15.4 Å². The van der Waals surface area contributed by atoms with Crippen molar-refractivity contribution >= 4 is 23.5 Å². The van der Waals surface area contributed by atoms with E-state index in [2.05, 4.69) is 20.5 Å². The molecule has 34 heavy (non-hydrogen) atoms.